The molecule has 0 atom stereocenters. The minimum atomic E-state index is -3.69. The van der Waals surface area contributed by atoms with E-state index in [-0.39, 0.29) is 16.5 Å². The zero-order valence-corrected chi connectivity index (χ0v) is 17.0. The lowest BCUT2D eigenvalue weighted by atomic mass is 10.2. The molecule has 0 unspecified atom stereocenters. The first kappa shape index (κ1) is 19.6. The average Bonchev–Trinajstić information content (AvgIpc) is 3.17. The second kappa shape index (κ2) is 7.96. The van der Waals surface area contributed by atoms with Gasteiger partial charge >= 0.3 is 0 Å². The average molecular weight is 417 g/mol. The van der Waals surface area contributed by atoms with E-state index < -0.39 is 10.0 Å². The first-order valence-corrected chi connectivity index (χ1v) is 10.8. The van der Waals surface area contributed by atoms with Gasteiger partial charge < -0.3 is 4.98 Å². The van der Waals surface area contributed by atoms with Gasteiger partial charge in [-0.25, -0.2) is 13.4 Å². The molecule has 1 aromatic heterocycles. The van der Waals surface area contributed by atoms with Crippen LogP contribution >= 0.6 is 0 Å². The van der Waals surface area contributed by atoms with Gasteiger partial charge in [-0.05, 0) is 55.0 Å². The molecule has 0 amide bonds. The summed E-state index contributed by atoms with van der Waals surface area (Å²) in [5.41, 5.74) is 3.59. The summed E-state index contributed by atoms with van der Waals surface area (Å²) in [4.78, 5) is 19.9. The lowest BCUT2D eigenvalue weighted by molar-refractivity contribution is 0.103. The normalized spacial score (nSPS) is 11.8. The first-order chi connectivity index (χ1) is 14.4. The van der Waals surface area contributed by atoms with Crippen molar-refractivity contribution in [2.75, 3.05) is 4.72 Å². The van der Waals surface area contributed by atoms with Crippen LogP contribution in [0, 0.1) is 6.92 Å². The third kappa shape index (κ3) is 4.31. The van der Waals surface area contributed by atoms with Crippen molar-refractivity contribution < 1.29 is 13.2 Å². The van der Waals surface area contributed by atoms with Crippen LogP contribution in [0.3, 0.4) is 0 Å². The van der Waals surface area contributed by atoms with Crippen molar-refractivity contribution in [3.8, 4) is 0 Å². The number of fused-ring (bicyclic) bond motifs is 1. The number of carbonyl (C=O) groups is 1. The van der Waals surface area contributed by atoms with Crippen molar-refractivity contribution in [2.24, 2.45) is 0 Å². The fourth-order valence-electron chi connectivity index (χ4n) is 2.96. The molecule has 0 fully saturated rings. The lowest BCUT2D eigenvalue weighted by Gasteiger charge is -2.09. The van der Waals surface area contributed by atoms with Crippen molar-refractivity contribution in [3.63, 3.8) is 0 Å². The third-order valence-corrected chi connectivity index (χ3v) is 5.92. The highest BCUT2D eigenvalue weighted by Crippen LogP contribution is 2.19. The standard InChI is InChI=1S/C23H19N3O3S/c1-16-9-12-19(13-10-16)30(28,29)26-18-6-4-5-17(15-18)11-14-22(27)23-24-20-7-2-3-8-21(20)25-23/h2-15,26H,1H3,(H,24,25)/b14-11+. The summed E-state index contributed by atoms with van der Waals surface area (Å²) in [6, 6.07) is 20.9. The molecule has 1 heterocycles. The molecule has 0 aliphatic rings. The fraction of sp³-hybridized carbons (Fsp3) is 0.0435. The Morgan fingerprint density at radius 3 is 2.53 bits per heavy atom. The number of para-hydroxylation sites is 2. The number of hydrogen-bond donors (Lipinski definition) is 2. The van der Waals surface area contributed by atoms with Gasteiger partial charge in [-0.3, -0.25) is 9.52 Å². The van der Waals surface area contributed by atoms with E-state index in [1.54, 1.807) is 54.6 Å². The van der Waals surface area contributed by atoms with Crippen molar-refractivity contribution in [1.82, 2.24) is 9.97 Å². The summed E-state index contributed by atoms with van der Waals surface area (Å²) in [5.74, 6) is -0.0134. The van der Waals surface area contributed by atoms with Gasteiger partial charge in [0.05, 0.1) is 15.9 Å². The molecular formula is C23H19N3O3S. The molecule has 0 aliphatic carbocycles. The summed E-state index contributed by atoms with van der Waals surface area (Å²) in [7, 11) is -3.69. The van der Waals surface area contributed by atoms with Crippen LogP contribution in [0.2, 0.25) is 0 Å². The Morgan fingerprint density at radius 2 is 1.77 bits per heavy atom. The van der Waals surface area contributed by atoms with E-state index in [1.807, 2.05) is 31.2 Å². The van der Waals surface area contributed by atoms with Gasteiger partial charge in [0.1, 0.15) is 0 Å². The molecule has 3 aromatic carbocycles. The van der Waals surface area contributed by atoms with Crippen LogP contribution in [0.4, 0.5) is 5.69 Å². The quantitative estimate of drug-likeness (QED) is 0.355. The zero-order valence-electron chi connectivity index (χ0n) is 16.2. The minimum absolute atomic E-state index is 0.189. The second-order valence-corrected chi connectivity index (χ2v) is 8.53. The predicted octanol–water partition coefficient (Wildman–Crippen LogP) is 4.57. The molecule has 7 heteroatoms. The largest absolute Gasteiger partial charge is 0.335 e. The van der Waals surface area contributed by atoms with E-state index in [0.29, 0.717) is 11.3 Å². The van der Waals surface area contributed by atoms with Crippen molar-refractivity contribution >= 4 is 38.6 Å². The predicted molar refractivity (Wildman–Crippen MR) is 118 cm³/mol. The number of allylic oxidation sites excluding steroid dienone is 1. The van der Waals surface area contributed by atoms with E-state index >= 15 is 0 Å². The first-order valence-electron chi connectivity index (χ1n) is 9.27. The Kier molecular flexibility index (Phi) is 5.20. The van der Waals surface area contributed by atoms with Crippen LogP contribution in [0.5, 0.6) is 0 Å². The number of benzene rings is 3. The number of hydrogen-bond acceptors (Lipinski definition) is 4. The van der Waals surface area contributed by atoms with E-state index in [1.165, 1.54) is 6.08 Å². The van der Waals surface area contributed by atoms with Gasteiger partial charge in [0.2, 0.25) is 5.78 Å². The molecule has 0 saturated carbocycles. The maximum atomic E-state index is 12.6. The van der Waals surface area contributed by atoms with Gasteiger partial charge in [-0.1, -0.05) is 48.0 Å². The topological polar surface area (TPSA) is 91.9 Å². The maximum Gasteiger partial charge on any atom is 0.261 e. The molecule has 30 heavy (non-hydrogen) atoms. The zero-order chi connectivity index (χ0) is 21.1. The van der Waals surface area contributed by atoms with E-state index in [9.17, 15) is 13.2 Å². The molecule has 0 spiro atoms. The van der Waals surface area contributed by atoms with Gasteiger partial charge in [-0.15, -0.1) is 0 Å². The third-order valence-electron chi connectivity index (χ3n) is 4.52. The molecule has 0 radical (unpaired) electrons. The number of anilines is 1. The number of ketones is 1. The van der Waals surface area contributed by atoms with Gasteiger partial charge in [0.25, 0.3) is 10.0 Å². The van der Waals surface area contributed by atoms with Crippen molar-refractivity contribution in [2.45, 2.75) is 11.8 Å². The Morgan fingerprint density at radius 1 is 1.00 bits per heavy atom. The van der Waals surface area contributed by atoms with Gasteiger partial charge in [0, 0.05) is 5.69 Å². The molecule has 0 bridgehead atoms. The Hall–Kier alpha value is -3.71. The number of nitrogens with zero attached hydrogens (tertiary/aromatic N) is 1. The number of aryl methyl sites for hydroxylation is 1. The number of carbonyl (C=O) groups excluding carboxylic acids is 1. The number of imidazole rings is 1. The lowest BCUT2D eigenvalue weighted by Crippen LogP contribution is -2.12. The van der Waals surface area contributed by atoms with Crippen LogP contribution in [-0.2, 0) is 10.0 Å². The Labute approximate surface area is 174 Å². The highest BCUT2D eigenvalue weighted by atomic mass is 32.2. The van der Waals surface area contributed by atoms with E-state index in [4.69, 9.17) is 0 Å². The number of sulfonamides is 1. The number of aromatic nitrogens is 2. The molecular weight excluding hydrogens is 398 g/mol. The SMILES string of the molecule is Cc1ccc(S(=O)(=O)Nc2cccc(/C=C/C(=O)c3nc4ccccc4[nH]3)c2)cc1. The minimum Gasteiger partial charge on any atom is -0.335 e. The van der Waals surface area contributed by atoms with Crippen molar-refractivity contribution in [3.05, 3.63) is 95.8 Å². The van der Waals surface area contributed by atoms with Crippen LogP contribution in [-0.4, -0.2) is 24.2 Å². The Balaban J connectivity index is 1.51. The highest BCUT2D eigenvalue weighted by Gasteiger charge is 2.14. The maximum absolute atomic E-state index is 12.6. The van der Waals surface area contributed by atoms with E-state index in [0.717, 1.165) is 16.6 Å². The van der Waals surface area contributed by atoms with Crippen LogP contribution in [0.1, 0.15) is 21.7 Å². The number of H-pyrrole nitrogens is 1. The summed E-state index contributed by atoms with van der Waals surface area (Å²) >= 11 is 0. The smallest absolute Gasteiger partial charge is 0.261 e. The van der Waals surface area contributed by atoms with Crippen molar-refractivity contribution in [1.29, 1.82) is 0 Å². The number of nitrogens with one attached hydrogen (secondary N) is 2. The molecule has 4 aromatic rings. The van der Waals surface area contributed by atoms with E-state index in [2.05, 4.69) is 14.7 Å². The summed E-state index contributed by atoms with van der Waals surface area (Å²) in [6.45, 7) is 1.90. The highest BCUT2D eigenvalue weighted by molar-refractivity contribution is 7.92. The number of aromatic amines is 1. The monoisotopic (exact) mass is 417 g/mol. The molecule has 0 saturated heterocycles. The van der Waals surface area contributed by atoms with Gasteiger partial charge in [-0.2, -0.15) is 0 Å². The summed E-state index contributed by atoms with van der Waals surface area (Å²) in [5, 5.41) is 0. The van der Waals surface area contributed by atoms with Crippen LogP contribution < -0.4 is 4.72 Å². The Bertz CT molecular complexity index is 1320. The summed E-state index contributed by atoms with van der Waals surface area (Å²) < 4.78 is 27.7. The number of rotatable bonds is 6. The van der Waals surface area contributed by atoms with Gasteiger partial charge in [0.15, 0.2) is 5.82 Å². The fourth-order valence-corrected chi connectivity index (χ4v) is 4.01. The molecule has 4 rings (SSSR count). The molecule has 0 aliphatic heterocycles. The molecule has 6 nitrogen and oxygen atoms in total. The molecule has 2 N–H and O–H groups in total. The second-order valence-electron chi connectivity index (χ2n) is 6.84. The van der Waals surface area contributed by atoms with Crippen LogP contribution in [0.15, 0.2) is 83.8 Å². The van der Waals surface area contributed by atoms with Crippen LogP contribution in [0.25, 0.3) is 17.1 Å². The summed E-state index contributed by atoms with van der Waals surface area (Å²) in [6.07, 6.45) is 3.03. The molecule has 150 valence electrons.